The molecule has 5 nitrogen and oxygen atoms in total. The summed E-state index contributed by atoms with van der Waals surface area (Å²) < 4.78 is 2.45. The normalized spacial score (nSPS) is 11.8. The summed E-state index contributed by atoms with van der Waals surface area (Å²) in [4.78, 5) is 0. The zero-order valence-electron chi connectivity index (χ0n) is 11.0. The first-order valence-electron chi connectivity index (χ1n) is 5.85. The van der Waals surface area contributed by atoms with E-state index in [2.05, 4.69) is 57.5 Å². The zero-order chi connectivity index (χ0) is 14.0. The summed E-state index contributed by atoms with van der Waals surface area (Å²) in [5.41, 5.74) is 0.825. The van der Waals surface area contributed by atoms with E-state index in [1.54, 1.807) is 4.68 Å². The van der Waals surface area contributed by atoms with Gasteiger partial charge in [-0.2, -0.15) is 4.68 Å². The van der Waals surface area contributed by atoms with Crippen molar-refractivity contribution >= 4 is 27.5 Å². The van der Waals surface area contributed by atoms with Crippen molar-refractivity contribution in [3.05, 3.63) is 33.5 Å². The monoisotopic (exact) mass is 343 g/mol. The summed E-state index contributed by atoms with van der Waals surface area (Å²) in [6.07, 6.45) is 0. The van der Waals surface area contributed by atoms with Gasteiger partial charge in [-0.25, -0.2) is 0 Å². The molecule has 7 heteroatoms. The molecule has 1 aromatic carbocycles. The van der Waals surface area contributed by atoms with E-state index in [1.165, 1.54) is 0 Å². The molecule has 1 aromatic heterocycles. The molecule has 102 valence electrons. The second-order valence-electron chi connectivity index (χ2n) is 5.18. The van der Waals surface area contributed by atoms with Gasteiger partial charge in [0.25, 0.3) is 0 Å². The minimum Gasteiger partial charge on any atom is -0.305 e. The van der Waals surface area contributed by atoms with Gasteiger partial charge in [0.2, 0.25) is 0 Å². The van der Waals surface area contributed by atoms with Crippen LogP contribution in [0, 0.1) is 0 Å². The van der Waals surface area contributed by atoms with E-state index >= 15 is 0 Å². The molecule has 2 rings (SSSR count). The van der Waals surface area contributed by atoms with E-state index in [1.807, 2.05) is 18.2 Å². The number of benzene rings is 1. The zero-order valence-corrected chi connectivity index (χ0v) is 13.3. The Labute approximate surface area is 125 Å². The SMILES string of the molecule is CC(C)(C)NCc1nnnn1-c1cccc(Cl)c1Br. The number of aromatic nitrogens is 4. The second kappa shape index (κ2) is 5.56. The number of hydrogen-bond acceptors (Lipinski definition) is 4. The molecule has 0 aliphatic carbocycles. The Morgan fingerprint density at radius 2 is 2.11 bits per heavy atom. The Hall–Kier alpha value is -0.980. The van der Waals surface area contributed by atoms with Crippen LogP contribution in [0.25, 0.3) is 5.69 Å². The van der Waals surface area contributed by atoms with Gasteiger partial charge in [0.15, 0.2) is 5.82 Å². The molecule has 0 amide bonds. The van der Waals surface area contributed by atoms with Crippen molar-refractivity contribution in [2.24, 2.45) is 0 Å². The Balaban J connectivity index is 2.31. The van der Waals surface area contributed by atoms with Crippen LogP contribution in [0.5, 0.6) is 0 Å². The largest absolute Gasteiger partial charge is 0.305 e. The maximum absolute atomic E-state index is 6.09. The van der Waals surface area contributed by atoms with Crippen LogP contribution < -0.4 is 5.32 Å². The third-order valence-electron chi connectivity index (χ3n) is 2.47. The molecule has 2 aromatic rings. The standard InChI is InChI=1S/C12H15BrClN5/c1-12(2,3)15-7-10-16-17-18-19(10)9-6-4-5-8(14)11(9)13/h4-6,15H,7H2,1-3H3. The Kier molecular flexibility index (Phi) is 4.23. The summed E-state index contributed by atoms with van der Waals surface area (Å²) >= 11 is 9.55. The third kappa shape index (κ3) is 3.52. The Morgan fingerprint density at radius 1 is 1.37 bits per heavy atom. The molecule has 1 heterocycles. The molecule has 0 radical (unpaired) electrons. The first kappa shape index (κ1) is 14.4. The van der Waals surface area contributed by atoms with Gasteiger partial charge < -0.3 is 5.32 Å². The lowest BCUT2D eigenvalue weighted by Crippen LogP contribution is -2.36. The highest BCUT2D eigenvalue weighted by atomic mass is 79.9. The molecule has 0 bridgehead atoms. The highest BCUT2D eigenvalue weighted by Gasteiger charge is 2.15. The van der Waals surface area contributed by atoms with Crippen LogP contribution in [-0.2, 0) is 6.54 Å². The lowest BCUT2D eigenvalue weighted by atomic mass is 10.1. The van der Waals surface area contributed by atoms with Gasteiger partial charge >= 0.3 is 0 Å². The average Bonchev–Trinajstić information content (AvgIpc) is 2.77. The van der Waals surface area contributed by atoms with Crippen molar-refractivity contribution in [1.82, 2.24) is 25.5 Å². The van der Waals surface area contributed by atoms with Crippen LogP contribution in [0.3, 0.4) is 0 Å². The molecule has 1 N–H and O–H groups in total. The number of halogens is 2. The third-order valence-corrected chi connectivity index (χ3v) is 3.85. The number of nitrogens with one attached hydrogen (secondary N) is 1. The number of hydrogen-bond donors (Lipinski definition) is 1. The molecule has 0 atom stereocenters. The van der Waals surface area contributed by atoms with E-state index < -0.39 is 0 Å². The minimum atomic E-state index is 0.00233. The Morgan fingerprint density at radius 3 is 2.79 bits per heavy atom. The van der Waals surface area contributed by atoms with Crippen molar-refractivity contribution in [3.63, 3.8) is 0 Å². The summed E-state index contributed by atoms with van der Waals surface area (Å²) in [6, 6.07) is 5.59. The van der Waals surface area contributed by atoms with Crippen molar-refractivity contribution in [1.29, 1.82) is 0 Å². The van der Waals surface area contributed by atoms with Crippen LogP contribution in [0.1, 0.15) is 26.6 Å². The summed E-state index contributed by atoms with van der Waals surface area (Å²) in [7, 11) is 0. The molecule has 0 aliphatic rings. The van der Waals surface area contributed by atoms with Crippen molar-refractivity contribution in [2.45, 2.75) is 32.9 Å². The lowest BCUT2D eigenvalue weighted by Gasteiger charge is -2.20. The molecule has 19 heavy (non-hydrogen) atoms. The van der Waals surface area contributed by atoms with Crippen molar-refractivity contribution in [2.75, 3.05) is 0 Å². The molecule has 0 saturated carbocycles. The van der Waals surface area contributed by atoms with Gasteiger partial charge in [0.05, 0.1) is 21.7 Å². The molecule has 0 spiro atoms. The average molecular weight is 345 g/mol. The Bertz CT molecular complexity index is 576. The highest BCUT2D eigenvalue weighted by molar-refractivity contribution is 9.10. The van der Waals surface area contributed by atoms with Gasteiger partial charge in [-0.15, -0.1) is 5.10 Å². The first-order valence-corrected chi connectivity index (χ1v) is 7.02. The fourth-order valence-electron chi connectivity index (χ4n) is 1.50. The summed E-state index contributed by atoms with van der Waals surface area (Å²) in [6.45, 7) is 6.86. The van der Waals surface area contributed by atoms with E-state index in [9.17, 15) is 0 Å². The van der Waals surface area contributed by atoms with Gasteiger partial charge in [-0.1, -0.05) is 17.7 Å². The van der Waals surface area contributed by atoms with Gasteiger partial charge in [0.1, 0.15) is 0 Å². The van der Waals surface area contributed by atoms with Gasteiger partial charge in [-0.05, 0) is 59.3 Å². The molecular weight excluding hydrogens is 330 g/mol. The molecule has 0 fully saturated rings. The minimum absolute atomic E-state index is 0.00233. The quantitative estimate of drug-likeness (QED) is 0.930. The van der Waals surface area contributed by atoms with E-state index in [4.69, 9.17) is 11.6 Å². The molecular formula is C12H15BrClN5. The summed E-state index contributed by atoms with van der Waals surface area (Å²) in [5.74, 6) is 0.734. The first-order chi connectivity index (χ1) is 8.88. The van der Waals surface area contributed by atoms with Crippen LogP contribution in [-0.4, -0.2) is 25.7 Å². The second-order valence-corrected chi connectivity index (χ2v) is 6.38. The van der Waals surface area contributed by atoms with Crippen molar-refractivity contribution < 1.29 is 0 Å². The number of rotatable bonds is 3. The van der Waals surface area contributed by atoms with E-state index in [-0.39, 0.29) is 5.54 Å². The maximum Gasteiger partial charge on any atom is 0.170 e. The number of tetrazole rings is 1. The maximum atomic E-state index is 6.09. The van der Waals surface area contributed by atoms with E-state index in [0.29, 0.717) is 11.6 Å². The highest BCUT2D eigenvalue weighted by Crippen LogP contribution is 2.28. The van der Waals surface area contributed by atoms with Crippen LogP contribution in [0.2, 0.25) is 5.02 Å². The molecule has 0 saturated heterocycles. The van der Waals surface area contributed by atoms with Gasteiger partial charge in [-0.3, -0.25) is 0 Å². The summed E-state index contributed by atoms with van der Waals surface area (Å²) in [5, 5.41) is 15.8. The molecule has 0 unspecified atom stereocenters. The predicted molar refractivity (Wildman–Crippen MR) is 78.5 cm³/mol. The topological polar surface area (TPSA) is 55.6 Å². The van der Waals surface area contributed by atoms with Crippen molar-refractivity contribution in [3.8, 4) is 5.69 Å². The lowest BCUT2D eigenvalue weighted by molar-refractivity contribution is 0.415. The smallest absolute Gasteiger partial charge is 0.170 e. The fraction of sp³-hybridized carbons (Fsp3) is 0.417. The van der Waals surface area contributed by atoms with Gasteiger partial charge in [0, 0.05) is 5.54 Å². The van der Waals surface area contributed by atoms with E-state index in [0.717, 1.165) is 16.0 Å². The van der Waals surface area contributed by atoms with Crippen LogP contribution in [0.4, 0.5) is 0 Å². The van der Waals surface area contributed by atoms with Crippen LogP contribution >= 0.6 is 27.5 Å². The fourth-order valence-corrected chi connectivity index (χ4v) is 2.11. The predicted octanol–water partition coefficient (Wildman–Crippen LogP) is 2.97. The van der Waals surface area contributed by atoms with Crippen LogP contribution in [0.15, 0.2) is 22.7 Å². The number of nitrogens with zero attached hydrogens (tertiary/aromatic N) is 4. The molecule has 0 aliphatic heterocycles.